The summed E-state index contributed by atoms with van der Waals surface area (Å²) >= 11 is 0. The first-order valence-corrected chi connectivity index (χ1v) is 14.7. The zero-order valence-electron chi connectivity index (χ0n) is 25.6. The Labute approximate surface area is 254 Å². The van der Waals surface area contributed by atoms with Gasteiger partial charge in [-0.3, -0.25) is 14.4 Å². The van der Waals surface area contributed by atoms with Gasteiger partial charge >= 0.3 is 0 Å². The van der Waals surface area contributed by atoms with Gasteiger partial charge < -0.3 is 31.5 Å². The number of methoxy groups -OCH3 is 1. The van der Waals surface area contributed by atoms with Crippen molar-refractivity contribution in [2.24, 2.45) is 11.5 Å². The van der Waals surface area contributed by atoms with E-state index in [1.165, 1.54) is 12.1 Å². The summed E-state index contributed by atoms with van der Waals surface area (Å²) < 4.78 is 5.32. The van der Waals surface area contributed by atoms with Gasteiger partial charge in [-0.1, -0.05) is 55.8 Å². The van der Waals surface area contributed by atoms with Crippen LogP contribution in [0.15, 0.2) is 60.7 Å². The third-order valence-corrected chi connectivity index (χ3v) is 7.42. The molecule has 0 fully saturated rings. The Hall–Kier alpha value is -4.21. The topological polar surface area (TPSA) is 148 Å². The van der Waals surface area contributed by atoms with E-state index in [1.807, 2.05) is 69.3 Å². The van der Waals surface area contributed by atoms with E-state index < -0.39 is 23.8 Å². The van der Waals surface area contributed by atoms with Gasteiger partial charge in [0, 0.05) is 48.8 Å². The summed E-state index contributed by atoms with van der Waals surface area (Å²) in [7, 11) is 1.60. The molecule has 0 unspecified atom stereocenters. The average Bonchev–Trinajstić information content (AvgIpc) is 2.98. The van der Waals surface area contributed by atoms with Gasteiger partial charge in [0.15, 0.2) is 0 Å². The number of nitrogens with zero attached hydrogens (tertiary/aromatic N) is 1. The van der Waals surface area contributed by atoms with E-state index in [4.69, 9.17) is 16.2 Å². The number of carbonyl (C=O) groups is 3. The number of rotatable bonds is 16. The third kappa shape index (κ3) is 8.89. The second-order valence-electron chi connectivity index (χ2n) is 10.9. The van der Waals surface area contributed by atoms with E-state index in [-0.39, 0.29) is 29.1 Å². The Morgan fingerprint density at radius 2 is 1.56 bits per heavy atom. The quantitative estimate of drug-likeness (QED) is 0.199. The van der Waals surface area contributed by atoms with Crippen LogP contribution in [-0.4, -0.2) is 60.6 Å². The maximum Gasteiger partial charge on any atom is 0.254 e. The molecule has 0 radical (unpaired) electrons. The van der Waals surface area contributed by atoms with Crippen LogP contribution in [0.1, 0.15) is 85.9 Å². The molecular formula is C34H44N4O5. The van der Waals surface area contributed by atoms with Gasteiger partial charge in [-0.25, -0.2) is 0 Å². The Morgan fingerprint density at radius 3 is 2.16 bits per heavy atom. The molecule has 230 valence electrons. The zero-order valence-corrected chi connectivity index (χ0v) is 25.6. The zero-order chi connectivity index (χ0) is 31.5. The van der Waals surface area contributed by atoms with Crippen molar-refractivity contribution in [2.75, 3.05) is 26.7 Å². The highest BCUT2D eigenvalue weighted by Gasteiger charge is 2.32. The minimum atomic E-state index is -1.03. The predicted octanol–water partition coefficient (Wildman–Crippen LogP) is 3.94. The molecule has 0 heterocycles. The van der Waals surface area contributed by atoms with E-state index in [0.29, 0.717) is 31.6 Å². The molecule has 0 spiro atoms. The second kappa shape index (κ2) is 15.9. The molecule has 0 bridgehead atoms. The fourth-order valence-corrected chi connectivity index (χ4v) is 5.41. The van der Waals surface area contributed by atoms with Crippen LogP contribution < -0.4 is 21.5 Å². The lowest BCUT2D eigenvalue weighted by molar-refractivity contribution is 0.0751. The van der Waals surface area contributed by atoms with Crippen molar-refractivity contribution in [3.63, 3.8) is 0 Å². The molecule has 9 heteroatoms. The summed E-state index contributed by atoms with van der Waals surface area (Å²) in [5.41, 5.74) is 14.9. The van der Waals surface area contributed by atoms with E-state index in [1.54, 1.807) is 12.0 Å². The van der Waals surface area contributed by atoms with Crippen LogP contribution in [0, 0.1) is 6.92 Å². The van der Waals surface area contributed by atoms with Crippen molar-refractivity contribution in [3.05, 3.63) is 99.6 Å². The maximum absolute atomic E-state index is 14.1. The number of ether oxygens (including phenoxy) is 1. The van der Waals surface area contributed by atoms with Crippen molar-refractivity contribution in [3.8, 4) is 5.75 Å². The molecule has 3 amide bonds. The number of hydrogen-bond acceptors (Lipinski definition) is 6. The molecule has 0 aromatic heterocycles. The molecule has 0 saturated heterocycles. The van der Waals surface area contributed by atoms with Gasteiger partial charge in [0.05, 0.1) is 13.2 Å². The predicted molar refractivity (Wildman–Crippen MR) is 168 cm³/mol. The van der Waals surface area contributed by atoms with Gasteiger partial charge in [-0.05, 0) is 67.1 Å². The summed E-state index contributed by atoms with van der Waals surface area (Å²) in [5.74, 6) is -1.92. The first kappa shape index (κ1) is 33.3. The monoisotopic (exact) mass is 588 g/mol. The molecule has 3 aromatic rings. The Kier molecular flexibility index (Phi) is 12.3. The maximum atomic E-state index is 14.1. The second-order valence-corrected chi connectivity index (χ2v) is 10.9. The summed E-state index contributed by atoms with van der Waals surface area (Å²) in [4.78, 5) is 41.0. The van der Waals surface area contributed by atoms with Crippen LogP contribution in [0.2, 0.25) is 0 Å². The third-order valence-electron chi connectivity index (χ3n) is 7.42. The van der Waals surface area contributed by atoms with Crippen LogP contribution >= 0.6 is 0 Å². The smallest absolute Gasteiger partial charge is 0.254 e. The number of aryl methyl sites for hydroxylation is 1. The average molecular weight is 589 g/mol. The number of carbonyl (C=O) groups excluding carboxylic acids is 3. The van der Waals surface area contributed by atoms with E-state index in [9.17, 15) is 19.5 Å². The number of benzene rings is 3. The summed E-state index contributed by atoms with van der Waals surface area (Å²) in [6, 6.07) is 18.2. The van der Waals surface area contributed by atoms with Crippen molar-refractivity contribution >= 4 is 17.7 Å². The first-order valence-electron chi connectivity index (χ1n) is 14.7. The highest BCUT2D eigenvalue weighted by molar-refractivity contribution is 6.06. The normalized spacial score (nSPS) is 12.4. The Morgan fingerprint density at radius 1 is 0.907 bits per heavy atom. The van der Waals surface area contributed by atoms with Gasteiger partial charge in [-0.15, -0.1) is 0 Å². The van der Waals surface area contributed by atoms with E-state index >= 15 is 0 Å². The molecule has 2 atom stereocenters. The van der Waals surface area contributed by atoms with Crippen LogP contribution in [-0.2, 0) is 13.0 Å². The number of hydrogen-bond donors (Lipinski definition) is 4. The SMILES string of the molecule is CCCN(CCC)C(=O)c1cc(C(N)=O)cc(C(N)=O)c1[C@H](Cc1cccc(C)c1)[C@@H](O)CNCc1cccc(OC)c1. The largest absolute Gasteiger partial charge is 0.497 e. The fraction of sp³-hybridized carbons (Fsp3) is 0.382. The van der Waals surface area contributed by atoms with Crippen LogP contribution in [0.4, 0.5) is 0 Å². The number of nitrogens with one attached hydrogen (secondary N) is 1. The molecule has 0 saturated carbocycles. The molecular weight excluding hydrogens is 544 g/mol. The molecule has 6 N–H and O–H groups in total. The lowest BCUT2D eigenvalue weighted by Gasteiger charge is -2.30. The molecule has 9 nitrogen and oxygen atoms in total. The molecule has 0 aliphatic carbocycles. The molecule has 3 rings (SSSR count). The van der Waals surface area contributed by atoms with Crippen LogP contribution in [0.5, 0.6) is 5.75 Å². The fourth-order valence-electron chi connectivity index (χ4n) is 5.41. The highest BCUT2D eigenvalue weighted by atomic mass is 16.5. The van der Waals surface area contributed by atoms with Crippen LogP contribution in [0.3, 0.4) is 0 Å². The summed E-state index contributed by atoms with van der Waals surface area (Å²) in [6.07, 6.45) is 0.744. The minimum Gasteiger partial charge on any atom is -0.497 e. The number of nitrogens with two attached hydrogens (primary N) is 2. The van der Waals surface area contributed by atoms with Crippen molar-refractivity contribution < 1.29 is 24.2 Å². The lowest BCUT2D eigenvalue weighted by Crippen LogP contribution is -2.38. The number of amides is 3. The molecule has 0 aliphatic rings. The summed E-state index contributed by atoms with van der Waals surface area (Å²) in [5, 5.41) is 15.1. The van der Waals surface area contributed by atoms with Crippen molar-refractivity contribution in [1.29, 1.82) is 0 Å². The number of aliphatic hydroxyl groups excluding tert-OH is 1. The van der Waals surface area contributed by atoms with E-state index in [0.717, 1.165) is 35.3 Å². The lowest BCUT2D eigenvalue weighted by atomic mass is 9.80. The standard InChI is InChI=1S/C34H44N4O5/c1-5-13-38(14-6-2)34(42)29-19-25(32(35)40)18-28(33(36)41)31(29)27(17-23-10-7-9-22(3)15-23)30(39)21-37-20-24-11-8-12-26(16-24)43-4/h7-12,15-16,18-19,27,30,37,39H,5-6,13-14,17,20-21H2,1-4H3,(H2,35,40)(H2,36,41)/t27-,30+/m1/s1. The number of aliphatic hydroxyl groups is 1. The molecule has 3 aromatic carbocycles. The summed E-state index contributed by atoms with van der Waals surface area (Å²) in [6.45, 7) is 7.53. The highest BCUT2D eigenvalue weighted by Crippen LogP contribution is 2.33. The van der Waals surface area contributed by atoms with Gasteiger partial charge in [0.1, 0.15) is 5.75 Å². The Bertz CT molecular complexity index is 1420. The van der Waals surface area contributed by atoms with Gasteiger partial charge in [0.2, 0.25) is 11.8 Å². The van der Waals surface area contributed by atoms with E-state index in [2.05, 4.69) is 5.32 Å². The number of primary amides is 2. The Balaban J connectivity index is 2.14. The first-order chi connectivity index (χ1) is 20.6. The minimum absolute atomic E-state index is 0.00269. The van der Waals surface area contributed by atoms with Crippen molar-refractivity contribution in [2.45, 2.75) is 58.6 Å². The van der Waals surface area contributed by atoms with Crippen LogP contribution in [0.25, 0.3) is 0 Å². The molecule has 0 aliphatic heterocycles. The van der Waals surface area contributed by atoms with Gasteiger partial charge in [-0.2, -0.15) is 0 Å². The molecule has 43 heavy (non-hydrogen) atoms. The van der Waals surface area contributed by atoms with Gasteiger partial charge in [0.25, 0.3) is 5.91 Å². The van der Waals surface area contributed by atoms with Crippen molar-refractivity contribution in [1.82, 2.24) is 10.2 Å².